The third-order valence-electron chi connectivity index (χ3n) is 4.27. The molecule has 1 saturated heterocycles. The van der Waals surface area contributed by atoms with E-state index >= 15 is 0 Å². The quantitative estimate of drug-likeness (QED) is 0.874. The number of benzene rings is 1. The van der Waals surface area contributed by atoms with Gasteiger partial charge in [-0.3, -0.25) is 4.79 Å². The highest BCUT2D eigenvalue weighted by Crippen LogP contribution is 2.18. The van der Waals surface area contributed by atoms with Crippen LogP contribution in [-0.2, 0) is 0 Å². The number of carbonyl (C=O) groups is 1. The molecule has 2 aromatic rings. The number of piperidine rings is 1. The number of amides is 1. The molecular formula is C17H22Cl2N4O. The van der Waals surface area contributed by atoms with Crippen molar-refractivity contribution in [2.75, 3.05) is 6.54 Å². The Bertz CT molecular complexity index is 716. The smallest absolute Gasteiger partial charge is 0.254 e. The highest BCUT2D eigenvalue weighted by Gasteiger charge is 2.22. The van der Waals surface area contributed by atoms with Gasteiger partial charge in [-0.25, -0.2) is 4.68 Å². The van der Waals surface area contributed by atoms with Gasteiger partial charge in [-0.05, 0) is 51.4 Å². The lowest BCUT2D eigenvalue weighted by Crippen LogP contribution is -2.46. The Morgan fingerprint density at radius 2 is 2.25 bits per heavy atom. The van der Waals surface area contributed by atoms with Gasteiger partial charge in [-0.1, -0.05) is 17.7 Å². The molecule has 24 heavy (non-hydrogen) atoms. The predicted molar refractivity (Wildman–Crippen MR) is 98.5 cm³/mol. The fourth-order valence-electron chi connectivity index (χ4n) is 3.03. The number of hydrogen-bond acceptors (Lipinski definition) is 3. The average molecular weight is 369 g/mol. The van der Waals surface area contributed by atoms with Crippen LogP contribution in [-0.4, -0.2) is 34.3 Å². The number of halogens is 2. The molecule has 1 fully saturated rings. The molecule has 0 bridgehead atoms. The maximum Gasteiger partial charge on any atom is 0.254 e. The van der Waals surface area contributed by atoms with Crippen LogP contribution in [0.4, 0.5) is 0 Å². The van der Waals surface area contributed by atoms with Crippen molar-refractivity contribution in [2.24, 2.45) is 0 Å². The monoisotopic (exact) mass is 368 g/mol. The number of aromatic nitrogens is 2. The summed E-state index contributed by atoms with van der Waals surface area (Å²) in [5.74, 6) is -0.0603. The number of nitrogens with one attached hydrogen (secondary N) is 2. The van der Waals surface area contributed by atoms with Crippen molar-refractivity contribution in [2.45, 2.75) is 38.8 Å². The maximum atomic E-state index is 12.5. The third-order valence-corrected chi connectivity index (χ3v) is 4.50. The molecule has 2 atom stereocenters. The molecule has 0 aliphatic carbocycles. The normalized spacial score (nSPS) is 20.3. The second-order valence-corrected chi connectivity index (χ2v) is 6.52. The fraction of sp³-hybridized carbons (Fsp3) is 0.412. The van der Waals surface area contributed by atoms with Crippen LogP contribution in [0.3, 0.4) is 0 Å². The fourth-order valence-corrected chi connectivity index (χ4v) is 3.21. The number of hydrogen-bond donors (Lipinski definition) is 2. The van der Waals surface area contributed by atoms with Crippen molar-refractivity contribution < 1.29 is 4.79 Å². The molecule has 130 valence electrons. The zero-order chi connectivity index (χ0) is 16.4. The van der Waals surface area contributed by atoms with Gasteiger partial charge in [0.05, 0.1) is 23.1 Å². The van der Waals surface area contributed by atoms with Crippen LogP contribution in [0.15, 0.2) is 30.5 Å². The summed E-state index contributed by atoms with van der Waals surface area (Å²) in [5, 5.41) is 11.5. The second kappa shape index (κ2) is 8.01. The van der Waals surface area contributed by atoms with Crippen molar-refractivity contribution in [3.8, 4) is 5.69 Å². The van der Waals surface area contributed by atoms with E-state index in [1.165, 1.54) is 0 Å². The Balaban J connectivity index is 0.00000208. The topological polar surface area (TPSA) is 59.0 Å². The predicted octanol–water partition coefficient (Wildman–Crippen LogP) is 3.13. The van der Waals surface area contributed by atoms with Gasteiger partial charge in [0.1, 0.15) is 0 Å². The first-order chi connectivity index (χ1) is 11.0. The molecule has 0 saturated carbocycles. The molecule has 3 rings (SSSR count). The third kappa shape index (κ3) is 4.09. The molecule has 2 unspecified atom stereocenters. The van der Waals surface area contributed by atoms with Gasteiger partial charge >= 0.3 is 0 Å². The molecule has 1 aliphatic heterocycles. The minimum Gasteiger partial charge on any atom is -0.349 e. The Kier molecular flexibility index (Phi) is 6.27. The van der Waals surface area contributed by atoms with Crippen molar-refractivity contribution in [1.82, 2.24) is 20.4 Å². The van der Waals surface area contributed by atoms with Gasteiger partial charge in [-0.2, -0.15) is 5.10 Å². The number of nitrogens with zero attached hydrogens (tertiary/aromatic N) is 2. The van der Waals surface area contributed by atoms with Crippen LogP contribution in [0.1, 0.15) is 35.8 Å². The highest BCUT2D eigenvalue weighted by molar-refractivity contribution is 6.30. The first-order valence-electron chi connectivity index (χ1n) is 7.89. The largest absolute Gasteiger partial charge is 0.349 e. The zero-order valence-corrected chi connectivity index (χ0v) is 15.3. The van der Waals surface area contributed by atoms with Crippen LogP contribution in [0, 0.1) is 6.92 Å². The van der Waals surface area contributed by atoms with E-state index < -0.39 is 0 Å². The lowest BCUT2D eigenvalue weighted by Gasteiger charge is -2.28. The molecule has 1 aromatic carbocycles. The van der Waals surface area contributed by atoms with E-state index in [0.717, 1.165) is 30.8 Å². The first-order valence-corrected chi connectivity index (χ1v) is 8.27. The molecule has 5 nitrogen and oxygen atoms in total. The van der Waals surface area contributed by atoms with Crippen molar-refractivity contribution in [1.29, 1.82) is 0 Å². The molecule has 2 heterocycles. The minimum atomic E-state index is -0.0603. The van der Waals surface area contributed by atoms with Gasteiger partial charge in [0.25, 0.3) is 5.91 Å². The average Bonchev–Trinajstić information content (AvgIpc) is 2.89. The van der Waals surface area contributed by atoms with Gasteiger partial charge in [0, 0.05) is 17.1 Å². The summed E-state index contributed by atoms with van der Waals surface area (Å²) in [6.07, 6.45) is 3.53. The maximum absolute atomic E-state index is 12.5. The van der Waals surface area contributed by atoms with E-state index in [9.17, 15) is 4.79 Å². The molecule has 2 N–H and O–H groups in total. The lowest BCUT2D eigenvalue weighted by molar-refractivity contribution is 0.0925. The van der Waals surface area contributed by atoms with E-state index in [4.69, 9.17) is 11.6 Å². The summed E-state index contributed by atoms with van der Waals surface area (Å²) in [5.41, 5.74) is 2.27. The molecule has 0 radical (unpaired) electrons. The summed E-state index contributed by atoms with van der Waals surface area (Å²) in [6.45, 7) is 4.97. The minimum absolute atomic E-state index is 0. The standard InChI is InChI=1S/C17H21ClN4O.ClH/c1-11-8-14(6-7-19-11)21-17(23)16-10-20-22(12(16)2)15-5-3-4-13(18)9-15;/h3-5,9-11,14,19H,6-8H2,1-2H3,(H,21,23);1H. The molecule has 0 spiro atoms. The van der Waals surface area contributed by atoms with Gasteiger partial charge < -0.3 is 10.6 Å². The summed E-state index contributed by atoms with van der Waals surface area (Å²) in [4.78, 5) is 12.5. The summed E-state index contributed by atoms with van der Waals surface area (Å²) in [7, 11) is 0. The molecule has 1 aliphatic rings. The Hall–Kier alpha value is -1.56. The van der Waals surface area contributed by atoms with Crippen molar-refractivity contribution in [3.63, 3.8) is 0 Å². The van der Waals surface area contributed by atoms with Crippen molar-refractivity contribution in [3.05, 3.63) is 46.7 Å². The van der Waals surface area contributed by atoms with Crippen LogP contribution in [0.5, 0.6) is 0 Å². The second-order valence-electron chi connectivity index (χ2n) is 6.09. The summed E-state index contributed by atoms with van der Waals surface area (Å²) >= 11 is 6.03. The van der Waals surface area contributed by atoms with Crippen LogP contribution < -0.4 is 10.6 Å². The lowest BCUT2D eigenvalue weighted by atomic mass is 10.0. The first kappa shape index (κ1) is 18.8. The van der Waals surface area contributed by atoms with Gasteiger partial charge in [0.2, 0.25) is 0 Å². The van der Waals surface area contributed by atoms with E-state index in [-0.39, 0.29) is 24.4 Å². The molecule has 1 aromatic heterocycles. The van der Waals surface area contributed by atoms with Crippen LogP contribution >= 0.6 is 24.0 Å². The Labute approximate surface area is 153 Å². The summed E-state index contributed by atoms with van der Waals surface area (Å²) < 4.78 is 1.74. The number of carbonyl (C=O) groups excluding carboxylic acids is 1. The molecular weight excluding hydrogens is 347 g/mol. The van der Waals surface area contributed by atoms with E-state index in [1.807, 2.05) is 31.2 Å². The Morgan fingerprint density at radius 3 is 2.96 bits per heavy atom. The molecule has 1 amide bonds. The van der Waals surface area contributed by atoms with Gasteiger partial charge in [0.15, 0.2) is 0 Å². The SMILES string of the molecule is Cc1c(C(=O)NC2CCNC(C)C2)cnn1-c1cccc(Cl)c1.Cl. The van der Waals surface area contributed by atoms with E-state index in [2.05, 4.69) is 22.7 Å². The van der Waals surface area contributed by atoms with Crippen LogP contribution in [0.2, 0.25) is 5.02 Å². The number of rotatable bonds is 3. The van der Waals surface area contributed by atoms with Crippen molar-refractivity contribution >= 4 is 29.9 Å². The van der Waals surface area contributed by atoms with E-state index in [0.29, 0.717) is 16.6 Å². The summed E-state index contributed by atoms with van der Waals surface area (Å²) in [6, 6.07) is 8.09. The Morgan fingerprint density at radius 1 is 1.46 bits per heavy atom. The molecule has 7 heteroatoms. The van der Waals surface area contributed by atoms with Gasteiger partial charge in [-0.15, -0.1) is 12.4 Å². The zero-order valence-electron chi connectivity index (χ0n) is 13.8. The van der Waals surface area contributed by atoms with E-state index in [1.54, 1.807) is 10.9 Å². The highest BCUT2D eigenvalue weighted by atomic mass is 35.5. The van der Waals surface area contributed by atoms with Crippen LogP contribution in [0.25, 0.3) is 5.69 Å².